The zero-order valence-corrected chi connectivity index (χ0v) is 97.4. The summed E-state index contributed by atoms with van der Waals surface area (Å²) in [4.78, 5) is 41.5. The maximum Gasteiger partial charge on any atom is 0.208 e. The molecule has 18 nitrogen and oxygen atoms in total. The van der Waals surface area contributed by atoms with Gasteiger partial charge in [-0.05, 0) is 205 Å². The second kappa shape index (κ2) is 120. The van der Waals surface area contributed by atoms with Gasteiger partial charge in [-0.3, -0.25) is 9.36 Å². The Labute approximate surface area is 834 Å². The van der Waals surface area contributed by atoms with Crippen molar-refractivity contribution in [2.45, 2.75) is 465 Å². The van der Waals surface area contributed by atoms with Gasteiger partial charge in [-0.2, -0.15) is 10.2 Å². The van der Waals surface area contributed by atoms with Gasteiger partial charge in [0.25, 0.3) is 0 Å². The molecule has 4 N–H and O–H groups in total. The quantitative estimate of drug-likeness (QED) is 0.111. The summed E-state index contributed by atoms with van der Waals surface area (Å²) in [6.45, 7) is 90.3. The lowest BCUT2D eigenvalue weighted by Crippen LogP contribution is -2.10. The molecule has 0 saturated carbocycles. The number of rotatable bonds is 0. The fraction of sp³-hybridized carbons (Fsp3) is 0.622. The van der Waals surface area contributed by atoms with E-state index in [0.717, 1.165) is 70.1 Å². The topological polar surface area (TPSA) is 229 Å². The van der Waals surface area contributed by atoms with Crippen LogP contribution in [0.1, 0.15) is 440 Å². The summed E-state index contributed by atoms with van der Waals surface area (Å²) in [5.74, 6) is 2.31. The monoisotopic (exact) mass is 1930 g/mol. The number of thiazole rings is 2. The van der Waals surface area contributed by atoms with Crippen LogP contribution in [0.2, 0.25) is 0 Å². The van der Waals surface area contributed by atoms with Gasteiger partial charge in [0.05, 0.1) is 58.8 Å². The van der Waals surface area contributed by atoms with E-state index in [1.54, 1.807) is 63.8 Å². The molecule has 0 amide bonds. The molecule has 0 aromatic carbocycles. The Hall–Kier alpha value is -8.18. The molecule has 14 aromatic heterocycles. The van der Waals surface area contributed by atoms with Gasteiger partial charge in [-0.15, -0.1) is 34.0 Å². The lowest BCUT2D eigenvalue weighted by Gasteiger charge is -2.11. The number of fused-ring (bicyclic) bond motifs is 11. The van der Waals surface area contributed by atoms with E-state index < -0.39 is 0 Å². The number of H-pyrrole nitrogens is 4. The van der Waals surface area contributed by atoms with Crippen molar-refractivity contribution in [3.05, 3.63) is 211 Å². The second-order valence-corrected chi connectivity index (χ2v) is 25.9. The molecule has 0 atom stereocenters. The average Bonchev–Trinajstić information content (AvgIpc) is 1.72. The Morgan fingerprint density at radius 1 is 0.278 bits per heavy atom. The van der Waals surface area contributed by atoms with Gasteiger partial charge in [0, 0.05) is 89.3 Å². The molecular formula is C111H208N14O4S4. The van der Waals surface area contributed by atoms with Crippen LogP contribution >= 0.6 is 45.3 Å². The highest BCUT2D eigenvalue weighted by Crippen LogP contribution is 2.28. The molecule has 22 rings (SSSR count). The van der Waals surface area contributed by atoms with Crippen molar-refractivity contribution < 1.29 is 17.7 Å². The van der Waals surface area contributed by atoms with Crippen molar-refractivity contribution in [1.82, 2.24) is 69.4 Å². The third-order valence-corrected chi connectivity index (χ3v) is 19.9. The SMILES string of the molecule is CC.CC.CC.CC.CC.CC.CC.CC.CC.CC.CC.CC.CC.CC.CC.CC.CC.CC.CC.CC.CC.CC.c1cc2c([nH]1)CCC2.c1cc2c(o1)CCC2.c1cc2c(s1)CCC2.c1cc2n(n1)CCC2.c1cc2n(n1)CCCC2.c1cc2ncsc2o1.c1nc2[nH]ccc2[nH]1.c1nc2c([nH]1)CCC2.c1nc2c(o1)CCC2.c1nc2c(s1)CCC2.c1nc2ccsc2o1. The zero-order chi connectivity index (χ0) is 104. The number of imidazole rings is 2. The maximum absolute atomic E-state index is 5.18. The summed E-state index contributed by atoms with van der Waals surface area (Å²) in [7, 11) is 0. The van der Waals surface area contributed by atoms with Crippen molar-refractivity contribution in [3.63, 3.8) is 0 Å². The minimum Gasteiger partial charge on any atom is -0.469 e. The zero-order valence-electron chi connectivity index (χ0n) is 94.1. The fourth-order valence-corrected chi connectivity index (χ4v) is 14.9. The van der Waals surface area contributed by atoms with E-state index in [9.17, 15) is 0 Å². The summed E-state index contributed by atoms with van der Waals surface area (Å²) < 4.78 is 24.4. The molecule has 0 bridgehead atoms. The first-order chi connectivity index (χ1) is 66.1. The first-order valence-electron chi connectivity index (χ1n) is 53.2. The number of nitrogens with one attached hydrogen (secondary N) is 4. The third kappa shape index (κ3) is 64.5. The number of aromatic nitrogens is 14. The van der Waals surface area contributed by atoms with E-state index >= 15 is 0 Å². The van der Waals surface area contributed by atoms with Crippen LogP contribution in [-0.4, -0.2) is 69.4 Å². The molecular weight excluding hydrogens is 1720 g/mol. The third-order valence-electron chi connectivity index (χ3n) is 16.4. The molecule has 0 spiro atoms. The van der Waals surface area contributed by atoms with Crippen LogP contribution in [0.25, 0.3) is 32.0 Å². The van der Waals surface area contributed by atoms with Crippen molar-refractivity contribution in [2.75, 3.05) is 0 Å². The second-order valence-electron chi connectivity index (χ2n) is 22.3. The van der Waals surface area contributed by atoms with Gasteiger partial charge in [0.1, 0.15) is 22.6 Å². The van der Waals surface area contributed by atoms with E-state index in [0.29, 0.717) is 0 Å². The number of nitrogens with zero attached hydrogens (tertiary/aromatic N) is 10. The van der Waals surface area contributed by atoms with Gasteiger partial charge in [0.2, 0.25) is 9.79 Å². The predicted octanol–water partition coefficient (Wildman–Crippen LogP) is 38.5. The average molecular weight is 1930 g/mol. The van der Waals surface area contributed by atoms with Gasteiger partial charge < -0.3 is 37.6 Å². The minimum atomic E-state index is 0.907. The van der Waals surface area contributed by atoms with Gasteiger partial charge in [-0.25, -0.2) is 29.9 Å². The van der Waals surface area contributed by atoms with Crippen LogP contribution in [0, 0.1) is 0 Å². The summed E-state index contributed by atoms with van der Waals surface area (Å²) in [6.07, 6.45) is 46.4. The molecule has 0 unspecified atom stereocenters. The molecule has 770 valence electrons. The lowest BCUT2D eigenvalue weighted by atomic mass is 10.1. The smallest absolute Gasteiger partial charge is 0.208 e. The molecule has 8 aliphatic rings. The summed E-state index contributed by atoms with van der Waals surface area (Å²) in [5, 5.41) is 12.4. The molecule has 14 aromatic rings. The van der Waals surface area contributed by atoms with Crippen LogP contribution in [0.15, 0.2) is 151 Å². The van der Waals surface area contributed by atoms with Crippen LogP contribution < -0.4 is 0 Å². The number of aromatic amines is 4. The van der Waals surface area contributed by atoms with E-state index in [1.807, 2.05) is 370 Å². The highest BCUT2D eigenvalue weighted by Gasteiger charge is 2.16. The summed E-state index contributed by atoms with van der Waals surface area (Å²) in [6, 6.07) is 16.4. The molecule has 133 heavy (non-hydrogen) atoms. The van der Waals surface area contributed by atoms with E-state index in [4.69, 9.17) is 17.7 Å². The Morgan fingerprint density at radius 2 is 0.744 bits per heavy atom. The maximum atomic E-state index is 5.18. The standard InChI is InChI=1S/C7H10N2.C7H9N.C7H8O.C7H8S.2C6H8N2.C6H7NO.C6H7NS.C5H5N3.2C5H3NOS.22C2H6/c1-2-6-9-7(3-1)4-5-8-9;3*1-2-6-4-5-8-7(6)3-1;1-2-6-3-4-7-8(6)5-1;3*1-2-5-6(3-1)8-4-7-5;1-2-6-5-4(1)7-3-8-5;1-2-8-5-4(1)6-3-7-5;1-2-7-5-4(1)6-3-8-5;22*1-2/h4-5H,1-3,6H2;4-5,8H,1-3H2;2*4-5H,1-3H2;3-4H,1-2,5H2;4H,1-3H2,(H,7,8);2*4H,1-3H2;1-3,6H,(H,7,8);2*1-3H;22*1-2H3. The van der Waals surface area contributed by atoms with Gasteiger partial charge in [0.15, 0.2) is 18.4 Å². The largest absolute Gasteiger partial charge is 0.469 e. The van der Waals surface area contributed by atoms with Crippen LogP contribution in [0.4, 0.5) is 0 Å². The Kier molecular flexibility index (Phi) is 133. The molecule has 2 aliphatic heterocycles. The number of thiophene rings is 2. The number of oxazole rings is 2. The lowest BCUT2D eigenvalue weighted by molar-refractivity contribution is 0.486. The van der Waals surface area contributed by atoms with Crippen molar-refractivity contribution in [1.29, 1.82) is 0 Å². The number of hydrogen-bond acceptors (Lipinski definition) is 16. The van der Waals surface area contributed by atoms with E-state index in [-0.39, 0.29) is 0 Å². The van der Waals surface area contributed by atoms with Crippen molar-refractivity contribution >= 4 is 77.3 Å². The summed E-state index contributed by atoms with van der Waals surface area (Å²) >= 11 is 6.79. The molecule has 0 fully saturated rings. The van der Waals surface area contributed by atoms with E-state index in [2.05, 4.69) is 105 Å². The highest BCUT2D eigenvalue weighted by atomic mass is 32.1. The molecule has 0 saturated heterocycles. The van der Waals surface area contributed by atoms with Gasteiger partial charge in [-0.1, -0.05) is 316 Å². The summed E-state index contributed by atoms with van der Waals surface area (Å²) in [5.41, 5.74) is 21.6. The number of hydrogen-bond donors (Lipinski definition) is 4. The van der Waals surface area contributed by atoms with Crippen LogP contribution in [0.3, 0.4) is 0 Å². The molecule has 6 aliphatic carbocycles. The Balaban J connectivity index is -0.000000131. The number of aryl methyl sites for hydroxylation is 16. The first kappa shape index (κ1) is 148. The Bertz CT molecular complexity index is 3380. The van der Waals surface area contributed by atoms with E-state index in [1.165, 1.54) is 214 Å². The number of furan rings is 2. The Morgan fingerprint density at radius 3 is 1.30 bits per heavy atom. The van der Waals surface area contributed by atoms with Crippen molar-refractivity contribution in [3.8, 4) is 0 Å². The van der Waals surface area contributed by atoms with Crippen LogP contribution in [0.5, 0.6) is 0 Å². The first-order valence-corrected chi connectivity index (χ1v) is 56.8. The molecule has 22 heteroatoms. The van der Waals surface area contributed by atoms with Crippen molar-refractivity contribution in [2.24, 2.45) is 0 Å². The predicted molar refractivity (Wildman–Crippen MR) is 603 cm³/mol. The van der Waals surface area contributed by atoms with Crippen LogP contribution in [-0.2, 0) is 103 Å². The highest BCUT2D eigenvalue weighted by molar-refractivity contribution is 7.16. The molecule has 16 heterocycles. The van der Waals surface area contributed by atoms with Gasteiger partial charge >= 0.3 is 0 Å². The molecule has 0 radical (unpaired) electrons. The fourth-order valence-electron chi connectivity index (χ4n) is 11.8. The minimum absolute atomic E-state index is 0.907. The normalized spacial score (nSPS) is 11.0.